The summed E-state index contributed by atoms with van der Waals surface area (Å²) in [5, 5.41) is 8.90. The van der Waals surface area contributed by atoms with Gasteiger partial charge in [-0.3, -0.25) is 14.5 Å². The Morgan fingerprint density at radius 3 is 2.48 bits per heavy atom. The van der Waals surface area contributed by atoms with E-state index in [1.54, 1.807) is 18.0 Å². The lowest BCUT2D eigenvalue weighted by Gasteiger charge is -2.27. The highest BCUT2D eigenvalue weighted by Crippen LogP contribution is 2.37. The number of hydrogen-bond donors (Lipinski definition) is 1. The molecule has 0 spiro atoms. The van der Waals surface area contributed by atoms with Crippen molar-refractivity contribution in [1.82, 2.24) is 9.80 Å². The van der Waals surface area contributed by atoms with Crippen molar-refractivity contribution in [3.8, 4) is 0 Å². The molecule has 0 aromatic heterocycles. The molecule has 0 aliphatic carbocycles. The molecule has 2 unspecified atom stereocenters. The van der Waals surface area contributed by atoms with Crippen LogP contribution in [0, 0.1) is 0 Å². The molecule has 8 heteroatoms. The van der Waals surface area contributed by atoms with E-state index in [0.717, 1.165) is 6.42 Å². The summed E-state index contributed by atoms with van der Waals surface area (Å²) in [7, 11) is 1.71. The first-order valence-electron chi connectivity index (χ1n) is 9.00. The Kier molecular flexibility index (Phi) is 7.24. The first-order chi connectivity index (χ1) is 12.7. The largest absolute Gasteiger partial charge is 0.480 e. The fourth-order valence-corrected chi connectivity index (χ4v) is 3.52. The number of likely N-dealkylation sites (tertiary alicyclic amines) is 1. The van der Waals surface area contributed by atoms with E-state index in [2.05, 4.69) is 0 Å². The van der Waals surface area contributed by atoms with Gasteiger partial charge in [-0.1, -0.05) is 30.3 Å². The van der Waals surface area contributed by atoms with E-state index in [0.29, 0.717) is 25.9 Å². The third kappa shape index (κ3) is 6.23. The molecular weight excluding hydrogens is 361 g/mol. The van der Waals surface area contributed by atoms with E-state index in [1.807, 2.05) is 0 Å². The summed E-state index contributed by atoms with van der Waals surface area (Å²) >= 11 is 0. The number of amides is 1. The zero-order chi connectivity index (χ0) is 20.0. The predicted octanol–water partition coefficient (Wildman–Crippen LogP) is 3.12. The topological polar surface area (TPSA) is 60.9 Å². The van der Waals surface area contributed by atoms with Gasteiger partial charge in [-0.15, -0.1) is 0 Å². The maximum atomic E-state index is 13.5. The summed E-state index contributed by atoms with van der Waals surface area (Å²) < 4.78 is 40.4. The van der Waals surface area contributed by atoms with Gasteiger partial charge < -0.3 is 10.0 Å². The number of carboxylic acid groups (broad SMARTS) is 1. The molecule has 2 rings (SSSR count). The number of carbonyl (C=O) groups is 2. The van der Waals surface area contributed by atoms with E-state index in [9.17, 15) is 22.8 Å². The molecule has 1 fully saturated rings. The molecule has 27 heavy (non-hydrogen) atoms. The van der Waals surface area contributed by atoms with Crippen molar-refractivity contribution in [2.75, 3.05) is 26.7 Å². The van der Waals surface area contributed by atoms with Crippen molar-refractivity contribution >= 4 is 11.9 Å². The number of carbonyl (C=O) groups excluding carboxylic acids is 1. The minimum absolute atomic E-state index is 0.00596. The zero-order valence-electron chi connectivity index (χ0n) is 15.3. The Morgan fingerprint density at radius 2 is 1.89 bits per heavy atom. The van der Waals surface area contributed by atoms with Crippen molar-refractivity contribution in [2.24, 2.45) is 0 Å². The van der Waals surface area contributed by atoms with Crippen LogP contribution in [0.4, 0.5) is 13.2 Å². The number of nitrogens with zero attached hydrogens (tertiary/aromatic N) is 2. The van der Waals surface area contributed by atoms with Crippen molar-refractivity contribution in [3.63, 3.8) is 0 Å². The summed E-state index contributed by atoms with van der Waals surface area (Å²) in [6.45, 7) is 0.644. The molecule has 1 aromatic carbocycles. The number of likely N-dealkylation sites (N-methyl/N-ethyl adjacent to an activating group) is 1. The van der Waals surface area contributed by atoms with Crippen LogP contribution in [-0.2, 0) is 9.59 Å². The third-order valence-corrected chi connectivity index (χ3v) is 5.03. The maximum Gasteiger partial charge on any atom is 0.396 e. The lowest BCUT2D eigenvalue weighted by molar-refractivity contribution is -0.160. The molecule has 1 heterocycles. The predicted molar refractivity (Wildman–Crippen MR) is 94.3 cm³/mol. The quantitative estimate of drug-likeness (QED) is 0.816. The molecule has 1 aromatic rings. The van der Waals surface area contributed by atoms with E-state index < -0.39 is 30.4 Å². The van der Waals surface area contributed by atoms with Crippen molar-refractivity contribution in [3.05, 3.63) is 35.9 Å². The van der Waals surface area contributed by atoms with Crippen LogP contribution < -0.4 is 0 Å². The normalized spacial score (nSPS) is 19.6. The molecular formula is C19H25F3N2O3. The number of rotatable bonds is 6. The summed E-state index contributed by atoms with van der Waals surface area (Å²) in [4.78, 5) is 26.6. The summed E-state index contributed by atoms with van der Waals surface area (Å²) in [5.41, 5.74) is 0.0900. The number of carboxylic acids is 1. The summed E-state index contributed by atoms with van der Waals surface area (Å²) in [6.07, 6.45) is -3.19. The van der Waals surface area contributed by atoms with Gasteiger partial charge in [0.25, 0.3) is 0 Å². The van der Waals surface area contributed by atoms with Gasteiger partial charge >= 0.3 is 12.1 Å². The lowest BCUT2D eigenvalue weighted by atomic mass is 9.94. The van der Waals surface area contributed by atoms with Crippen LogP contribution in [0.2, 0.25) is 0 Å². The van der Waals surface area contributed by atoms with Crippen LogP contribution in [0.3, 0.4) is 0 Å². The van der Waals surface area contributed by atoms with E-state index in [1.165, 1.54) is 29.2 Å². The van der Waals surface area contributed by atoms with Crippen LogP contribution in [-0.4, -0.2) is 65.7 Å². The molecule has 5 nitrogen and oxygen atoms in total. The van der Waals surface area contributed by atoms with Gasteiger partial charge in [0.2, 0.25) is 5.91 Å². The minimum Gasteiger partial charge on any atom is -0.480 e. The smallest absolute Gasteiger partial charge is 0.396 e. The standard InChI is InChI=1S/C19H25F3N2O3/c1-23(13-18(26)27)15-8-5-10-24(11-9-15)17(25)12-16(19(20,21)22)14-6-3-2-4-7-14/h2-4,6-7,15-16H,5,8-13H2,1H3,(H,26,27). The maximum absolute atomic E-state index is 13.5. The highest BCUT2D eigenvalue weighted by atomic mass is 19.4. The highest BCUT2D eigenvalue weighted by molar-refractivity contribution is 5.77. The Labute approximate surface area is 156 Å². The molecule has 1 saturated heterocycles. The molecule has 1 aliphatic heterocycles. The number of hydrogen-bond acceptors (Lipinski definition) is 3. The number of benzene rings is 1. The van der Waals surface area contributed by atoms with Crippen LogP contribution in [0.15, 0.2) is 30.3 Å². The van der Waals surface area contributed by atoms with Crippen LogP contribution >= 0.6 is 0 Å². The third-order valence-electron chi connectivity index (χ3n) is 5.03. The second-order valence-corrected chi connectivity index (χ2v) is 6.98. The molecule has 0 saturated carbocycles. The van der Waals surface area contributed by atoms with Gasteiger partial charge in [-0.2, -0.15) is 13.2 Å². The van der Waals surface area contributed by atoms with Crippen molar-refractivity contribution in [2.45, 2.75) is 43.8 Å². The van der Waals surface area contributed by atoms with E-state index >= 15 is 0 Å². The molecule has 1 aliphatic rings. The lowest BCUT2D eigenvalue weighted by Crippen LogP contribution is -2.38. The van der Waals surface area contributed by atoms with Crippen LogP contribution in [0.25, 0.3) is 0 Å². The Bertz CT molecular complexity index is 637. The van der Waals surface area contributed by atoms with Crippen LogP contribution in [0.5, 0.6) is 0 Å². The minimum atomic E-state index is -4.49. The second kappa shape index (κ2) is 9.21. The van der Waals surface area contributed by atoms with E-state index in [-0.39, 0.29) is 18.2 Å². The SMILES string of the molecule is CN(CC(=O)O)C1CCCN(C(=O)CC(c2ccccc2)C(F)(F)F)CC1. The monoisotopic (exact) mass is 386 g/mol. The molecule has 1 N–H and O–H groups in total. The summed E-state index contributed by atoms with van der Waals surface area (Å²) in [5.74, 6) is -3.26. The van der Waals surface area contributed by atoms with E-state index in [4.69, 9.17) is 5.11 Å². The van der Waals surface area contributed by atoms with Crippen LogP contribution in [0.1, 0.15) is 37.2 Å². The summed E-state index contributed by atoms with van der Waals surface area (Å²) in [6, 6.07) is 7.50. The van der Waals surface area contributed by atoms with Crippen molar-refractivity contribution in [1.29, 1.82) is 0 Å². The number of alkyl halides is 3. The average Bonchev–Trinajstić information content (AvgIpc) is 2.85. The zero-order valence-corrected chi connectivity index (χ0v) is 15.3. The molecule has 0 radical (unpaired) electrons. The highest BCUT2D eigenvalue weighted by Gasteiger charge is 2.42. The molecule has 2 atom stereocenters. The number of aliphatic carboxylic acids is 1. The molecule has 0 bridgehead atoms. The number of halogens is 3. The van der Waals surface area contributed by atoms with Crippen molar-refractivity contribution < 1.29 is 27.9 Å². The van der Waals surface area contributed by atoms with Gasteiger partial charge in [0.1, 0.15) is 0 Å². The second-order valence-electron chi connectivity index (χ2n) is 6.98. The van der Waals surface area contributed by atoms with Gasteiger partial charge in [0.15, 0.2) is 0 Å². The fourth-order valence-electron chi connectivity index (χ4n) is 3.52. The Morgan fingerprint density at radius 1 is 1.22 bits per heavy atom. The first-order valence-corrected chi connectivity index (χ1v) is 9.00. The molecule has 150 valence electrons. The first kappa shape index (κ1) is 21.2. The average molecular weight is 386 g/mol. The Balaban J connectivity index is 2.01. The van der Waals surface area contributed by atoms with Gasteiger partial charge in [0.05, 0.1) is 12.5 Å². The molecule has 1 amide bonds. The Hall–Kier alpha value is -2.09. The van der Waals surface area contributed by atoms with Gasteiger partial charge in [-0.25, -0.2) is 0 Å². The van der Waals surface area contributed by atoms with Gasteiger partial charge in [-0.05, 0) is 31.9 Å². The fraction of sp³-hybridized carbons (Fsp3) is 0.579. The van der Waals surface area contributed by atoms with Gasteiger partial charge in [0, 0.05) is 25.6 Å².